The van der Waals surface area contributed by atoms with Crippen LogP contribution in [-0.4, -0.2) is 31.1 Å². The number of nitrogens with zero attached hydrogens (tertiary/aromatic N) is 4. The van der Waals surface area contributed by atoms with Crippen molar-refractivity contribution >= 4 is 5.97 Å². The molecule has 0 bridgehead atoms. The molecule has 0 aromatic carbocycles. The van der Waals surface area contributed by atoms with E-state index in [1.54, 1.807) is 13.1 Å². The first-order valence-electron chi connectivity index (χ1n) is 4.21. The van der Waals surface area contributed by atoms with Gasteiger partial charge in [0.25, 0.3) is 0 Å². The minimum atomic E-state index is -1.06. The minimum absolute atomic E-state index is 0.00811. The minimum Gasteiger partial charge on any atom is -0.476 e. The van der Waals surface area contributed by atoms with Gasteiger partial charge in [0, 0.05) is 13.1 Å². The lowest BCUT2D eigenvalue weighted by Gasteiger charge is -1.94. The smallest absolute Gasteiger partial charge is 0.356 e. The molecule has 0 amide bonds. The summed E-state index contributed by atoms with van der Waals surface area (Å²) in [6.07, 6.45) is 1.54. The monoisotopic (exact) mass is 208 g/mol. The molecule has 0 saturated heterocycles. The first-order chi connectivity index (χ1) is 7.15. The third kappa shape index (κ3) is 2.01. The molecule has 2 rings (SSSR count). The molecule has 0 radical (unpaired) electrons. The SMILES string of the molecule is Cc1nnc(Cn2ccc(C(=O)O)n2)o1. The van der Waals surface area contributed by atoms with Crippen LogP contribution in [0.3, 0.4) is 0 Å². The quantitative estimate of drug-likeness (QED) is 0.780. The normalized spacial score (nSPS) is 10.5. The van der Waals surface area contributed by atoms with Gasteiger partial charge in [-0.1, -0.05) is 0 Å². The Balaban J connectivity index is 2.14. The van der Waals surface area contributed by atoms with Crippen LogP contribution in [0.2, 0.25) is 0 Å². The van der Waals surface area contributed by atoms with Crippen LogP contribution in [0.4, 0.5) is 0 Å². The average Bonchev–Trinajstić information content (AvgIpc) is 2.76. The molecule has 0 saturated carbocycles. The maximum atomic E-state index is 10.5. The van der Waals surface area contributed by atoms with Crippen LogP contribution in [0.1, 0.15) is 22.3 Å². The standard InChI is InChI=1S/C8H8N4O3/c1-5-9-10-7(15-5)4-12-3-2-6(11-12)8(13)14/h2-3H,4H2,1H3,(H,13,14). The summed E-state index contributed by atoms with van der Waals surface area (Å²) in [5, 5.41) is 19.9. The lowest BCUT2D eigenvalue weighted by atomic mass is 10.5. The second-order valence-electron chi connectivity index (χ2n) is 2.92. The molecule has 15 heavy (non-hydrogen) atoms. The van der Waals surface area contributed by atoms with Crippen LogP contribution >= 0.6 is 0 Å². The highest BCUT2D eigenvalue weighted by Crippen LogP contribution is 2.02. The zero-order chi connectivity index (χ0) is 10.8. The molecule has 7 heteroatoms. The van der Waals surface area contributed by atoms with Crippen LogP contribution in [0.25, 0.3) is 0 Å². The van der Waals surface area contributed by atoms with E-state index in [0.717, 1.165) is 0 Å². The van der Waals surface area contributed by atoms with Crippen molar-refractivity contribution in [1.29, 1.82) is 0 Å². The number of carboxylic acids is 1. The highest BCUT2D eigenvalue weighted by molar-refractivity contribution is 5.84. The predicted molar refractivity (Wildman–Crippen MR) is 47.3 cm³/mol. The van der Waals surface area contributed by atoms with Gasteiger partial charge in [-0.3, -0.25) is 4.68 Å². The molecule has 1 N–H and O–H groups in total. The topological polar surface area (TPSA) is 94.0 Å². The van der Waals surface area contributed by atoms with E-state index in [1.807, 2.05) is 0 Å². The maximum Gasteiger partial charge on any atom is 0.356 e. The number of carbonyl (C=O) groups is 1. The molecule has 0 unspecified atom stereocenters. The summed E-state index contributed by atoms with van der Waals surface area (Å²) in [7, 11) is 0. The summed E-state index contributed by atoms with van der Waals surface area (Å²) in [5.74, 6) is -0.196. The van der Waals surface area contributed by atoms with Crippen LogP contribution < -0.4 is 0 Å². The van der Waals surface area contributed by atoms with E-state index in [0.29, 0.717) is 11.8 Å². The van der Waals surface area contributed by atoms with Crippen molar-refractivity contribution in [2.24, 2.45) is 0 Å². The van der Waals surface area contributed by atoms with Crippen LogP contribution in [0.5, 0.6) is 0 Å². The van der Waals surface area contributed by atoms with Crippen molar-refractivity contribution in [2.75, 3.05) is 0 Å². The van der Waals surface area contributed by atoms with Gasteiger partial charge < -0.3 is 9.52 Å². The Bertz CT molecular complexity index is 488. The largest absolute Gasteiger partial charge is 0.476 e. The van der Waals surface area contributed by atoms with Crippen molar-refractivity contribution in [2.45, 2.75) is 13.5 Å². The molecule has 0 aliphatic carbocycles. The highest BCUT2D eigenvalue weighted by Gasteiger charge is 2.08. The number of rotatable bonds is 3. The molecule has 2 heterocycles. The van der Waals surface area contributed by atoms with Gasteiger partial charge in [-0.15, -0.1) is 10.2 Å². The van der Waals surface area contributed by atoms with E-state index in [-0.39, 0.29) is 12.2 Å². The Morgan fingerprint density at radius 3 is 2.93 bits per heavy atom. The molecule has 0 aliphatic heterocycles. The van der Waals surface area contributed by atoms with Gasteiger partial charge >= 0.3 is 5.97 Å². The number of aromatic nitrogens is 4. The van der Waals surface area contributed by atoms with Gasteiger partial charge in [-0.25, -0.2) is 4.79 Å². The molecule has 7 nitrogen and oxygen atoms in total. The Labute approximate surface area is 84.3 Å². The number of carboxylic acid groups (broad SMARTS) is 1. The molecular weight excluding hydrogens is 200 g/mol. The molecular formula is C8H8N4O3. The van der Waals surface area contributed by atoms with Crippen molar-refractivity contribution in [3.05, 3.63) is 29.7 Å². The third-order valence-electron chi connectivity index (χ3n) is 1.72. The predicted octanol–water partition coefficient (Wildman–Crippen LogP) is 0.321. The van der Waals surface area contributed by atoms with Gasteiger partial charge in [0.1, 0.15) is 6.54 Å². The zero-order valence-corrected chi connectivity index (χ0v) is 7.91. The number of aromatic carboxylic acids is 1. The number of hydrogen-bond acceptors (Lipinski definition) is 5. The summed E-state index contributed by atoms with van der Waals surface area (Å²) >= 11 is 0. The summed E-state index contributed by atoms with van der Waals surface area (Å²) in [6.45, 7) is 1.95. The molecule has 0 spiro atoms. The van der Waals surface area contributed by atoms with E-state index in [4.69, 9.17) is 9.52 Å². The Kier molecular flexibility index (Phi) is 2.20. The molecule has 0 atom stereocenters. The molecule has 78 valence electrons. The second kappa shape index (κ2) is 3.52. The van der Waals surface area contributed by atoms with E-state index < -0.39 is 5.97 Å². The Morgan fingerprint density at radius 2 is 2.40 bits per heavy atom. The first-order valence-corrected chi connectivity index (χ1v) is 4.21. The van der Waals surface area contributed by atoms with Crippen molar-refractivity contribution in [3.63, 3.8) is 0 Å². The molecule has 2 aromatic heterocycles. The lowest BCUT2D eigenvalue weighted by Crippen LogP contribution is -2.04. The van der Waals surface area contributed by atoms with Crippen LogP contribution in [0.15, 0.2) is 16.7 Å². The van der Waals surface area contributed by atoms with Crippen molar-refractivity contribution in [3.8, 4) is 0 Å². The highest BCUT2D eigenvalue weighted by atomic mass is 16.4. The molecule has 0 aliphatic rings. The number of hydrogen-bond donors (Lipinski definition) is 1. The van der Waals surface area contributed by atoms with E-state index in [9.17, 15) is 4.79 Å². The fourth-order valence-corrected chi connectivity index (χ4v) is 1.10. The van der Waals surface area contributed by atoms with Crippen LogP contribution in [-0.2, 0) is 6.54 Å². The zero-order valence-electron chi connectivity index (χ0n) is 7.91. The van der Waals surface area contributed by atoms with Gasteiger partial charge in [0.15, 0.2) is 5.69 Å². The lowest BCUT2D eigenvalue weighted by molar-refractivity contribution is 0.0689. The van der Waals surface area contributed by atoms with Gasteiger partial charge in [0.2, 0.25) is 11.8 Å². The molecule has 2 aromatic rings. The first kappa shape index (κ1) is 9.38. The summed E-state index contributed by atoms with van der Waals surface area (Å²) in [6, 6.07) is 1.41. The van der Waals surface area contributed by atoms with Crippen LogP contribution in [0, 0.1) is 6.92 Å². The van der Waals surface area contributed by atoms with Gasteiger partial charge in [-0.05, 0) is 6.07 Å². The fraction of sp³-hybridized carbons (Fsp3) is 0.250. The number of aryl methyl sites for hydroxylation is 1. The molecule has 0 fully saturated rings. The summed E-state index contributed by atoms with van der Waals surface area (Å²) < 4.78 is 6.55. The summed E-state index contributed by atoms with van der Waals surface area (Å²) in [4.78, 5) is 10.5. The summed E-state index contributed by atoms with van der Waals surface area (Å²) in [5.41, 5.74) is -0.00811. The van der Waals surface area contributed by atoms with Gasteiger partial charge in [0.05, 0.1) is 0 Å². The maximum absolute atomic E-state index is 10.5. The van der Waals surface area contributed by atoms with E-state index in [1.165, 1.54) is 10.7 Å². The van der Waals surface area contributed by atoms with E-state index in [2.05, 4.69) is 15.3 Å². The average molecular weight is 208 g/mol. The van der Waals surface area contributed by atoms with Crippen molar-refractivity contribution < 1.29 is 14.3 Å². The fourth-order valence-electron chi connectivity index (χ4n) is 1.10. The van der Waals surface area contributed by atoms with Gasteiger partial charge in [-0.2, -0.15) is 5.10 Å². The van der Waals surface area contributed by atoms with Crippen molar-refractivity contribution in [1.82, 2.24) is 20.0 Å². The van der Waals surface area contributed by atoms with E-state index >= 15 is 0 Å². The second-order valence-corrected chi connectivity index (χ2v) is 2.92. The Morgan fingerprint density at radius 1 is 1.60 bits per heavy atom. The Hall–Kier alpha value is -2.18. The third-order valence-corrected chi connectivity index (χ3v) is 1.72.